The first-order valence-corrected chi connectivity index (χ1v) is 7.55. The highest BCUT2D eigenvalue weighted by Crippen LogP contribution is 1.99. The summed E-state index contributed by atoms with van der Waals surface area (Å²) in [7, 11) is 0. The molecular weight excluding hydrogens is 264 g/mol. The van der Waals surface area contributed by atoms with E-state index in [1.54, 1.807) is 0 Å². The summed E-state index contributed by atoms with van der Waals surface area (Å²) in [6.07, 6.45) is 0. The third-order valence-electron chi connectivity index (χ3n) is 3.04. The van der Waals surface area contributed by atoms with Crippen molar-refractivity contribution in [1.29, 1.82) is 0 Å². The fourth-order valence-electron chi connectivity index (χ4n) is 1.64. The maximum atomic E-state index is 2.93. The van der Waals surface area contributed by atoms with E-state index in [-0.39, 0.29) is 0 Å². The van der Waals surface area contributed by atoms with Crippen molar-refractivity contribution in [3.8, 4) is 0 Å². The predicted octanol–water partition coefficient (Wildman–Crippen LogP) is 6.09. The van der Waals surface area contributed by atoms with E-state index >= 15 is 0 Å². The average molecular weight is 289 g/mol. The molecule has 3 aromatic rings. The molecule has 0 unspecified atom stereocenters. The van der Waals surface area contributed by atoms with Gasteiger partial charge in [0.15, 0.2) is 0 Å². The van der Waals surface area contributed by atoms with Gasteiger partial charge in [-0.25, -0.2) is 0 Å². The van der Waals surface area contributed by atoms with E-state index in [4.69, 9.17) is 0 Å². The van der Waals surface area contributed by atoms with Crippen molar-refractivity contribution >= 4 is 0 Å². The number of hydrogen-bond donors (Lipinski definition) is 0. The largest absolute Gasteiger partial charge is 0.0622 e. The minimum Gasteiger partial charge on any atom is -0.0622 e. The van der Waals surface area contributed by atoms with Crippen LogP contribution < -0.4 is 0 Å². The van der Waals surface area contributed by atoms with Gasteiger partial charge >= 0.3 is 0 Å². The quantitative estimate of drug-likeness (QED) is 0.469. The van der Waals surface area contributed by atoms with E-state index in [1.165, 1.54) is 22.3 Å². The summed E-state index contributed by atoms with van der Waals surface area (Å²) < 4.78 is 0. The van der Waals surface area contributed by atoms with Gasteiger partial charge in [0, 0.05) is 0 Å². The van der Waals surface area contributed by atoms with Crippen LogP contribution in [0, 0.1) is 33.8 Å². The summed E-state index contributed by atoms with van der Waals surface area (Å²) in [5.74, 6) is 0. The molecule has 0 fully saturated rings. The molecule has 0 amide bonds. The minimum absolute atomic E-state index is 1.29. The van der Waals surface area contributed by atoms with E-state index in [0.717, 1.165) is 0 Å². The van der Waals surface area contributed by atoms with Crippen LogP contribution in [0.1, 0.15) is 22.3 Å². The zero-order valence-electron chi connectivity index (χ0n) is 14.0. The van der Waals surface area contributed by atoms with Crippen LogP contribution in [0.25, 0.3) is 0 Å². The Morgan fingerprint density at radius 3 is 1.09 bits per heavy atom. The van der Waals surface area contributed by atoms with Gasteiger partial charge < -0.3 is 0 Å². The van der Waals surface area contributed by atoms with E-state index in [2.05, 4.69) is 70.2 Å². The van der Waals surface area contributed by atoms with E-state index in [9.17, 15) is 0 Å². The molecule has 0 heteroatoms. The highest BCUT2D eigenvalue weighted by Gasteiger charge is 1.79. The number of aryl methyl sites for hydroxylation is 4. The van der Waals surface area contributed by atoms with E-state index in [0.29, 0.717) is 0 Å². The summed E-state index contributed by atoms with van der Waals surface area (Å²) in [5, 5.41) is 0. The second-order valence-corrected chi connectivity index (χ2v) is 5.39. The first kappa shape index (κ1) is 17.7. The van der Waals surface area contributed by atoms with Crippen molar-refractivity contribution in [2.45, 2.75) is 27.7 Å². The van der Waals surface area contributed by atoms with Crippen molar-refractivity contribution in [2.75, 3.05) is 0 Å². The molecule has 0 aliphatic heterocycles. The Morgan fingerprint density at radius 2 is 0.818 bits per heavy atom. The Morgan fingerprint density at radius 1 is 0.455 bits per heavy atom. The Bertz CT molecular complexity index is 549. The average Bonchev–Trinajstić information content (AvgIpc) is 2.53. The van der Waals surface area contributed by atoms with Crippen molar-refractivity contribution < 1.29 is 0 Å². The highest BCUT2D eigenvalue weighted by molar-refractivity contribution is 5.19. The molecule has 22 heavy (non-hydrogen) atoms. The maximum Gasteiger partial charge on any atom is -0.0184 e. The summed E-state index contributed by atoms with van der Waals surface area (Å²) in [4.78, 5) is 0. The van der Waals surface area contributed by atoms with Crippen LogP contribution in [0.5, 0.6) is 0 Å². The molecule has 0 aliphatic carbocycles. The van der Waals surface area contributed by atoms with Crippen LogP contribution in [0.4, 0.5) is 0 Å². The summed E-state index contributed by atoms with van der Waals surface area (Å²) in [6, 6.07) is 29.6. The Balaban J connectivity index is 0.000000166. The molecule has 1 radical (unpaired) electrons. The third-order valence-corrected chi connectivity index (χ3v) is 3.04. The first-order chi connectivity index (χ1) is 10.6. The highest BCUT2D eigenvalue weighted by atomic mass is 13.9. The van der Waals surface area contributed by atoms with Gasteiger partial charge in [0.25, 0.3) is 0 Å². The van der Waals surface area contributed by atoms with Crippen LogP contribution in [0.15, 0.2) is 78.9 Å². The molecule has 3 aromatic carbocycles. The van der Waals surface area contributed by atoms with E-state index in [1.807, 2.05) is 42.5 Å². The fourth-order valence-corrected chi connectivity index (χ4v) is 1.64. The van der Waals surface area contributed by atoms with Gasteiger partial charge in [-0.1, -0.05) is 101 Å². The predicted molar refractivity (Wildman–Crippen MR) is 97.1 cm³/mol. The smallest absolute Gasteiger partial charge is 0.0184 e. The number of benzene rings is 3. The molecule has 0 aliphatic rings. The molecule has 0 aromatic heterocycles. The minimum atomic E-state index is 1.29. The van der Waals surface area contributed by atoms with Gasteiger partial charge in [-0.05, 0) is 33.8 Å². The van der Waals surface area contributed by atoms with Gasteiger partial charge in [0.2, 0.25) is 0 Å². The summed E-state index contributed by atoms with van der Waals surface area (Å²) in [5.41, 5.74) is 5.27. The Hall–Kier alpha value is -2.34. The Labute approximate surface area is 135 Å². The van der Waals surface area contributed by atoms with E-state index < -0.39 is 0 Å². The molecule has 0 bridgehead atoms. The molecule has 113 valence electrons. The normalized spacial score (nSPS) is 8.91. The van der Waals surface area contributed by atoms with Gasteiger partial charge in [0.05, 0.1) is 0 Å². The topological polar surface area (TPSA) is 0 Å². The third kappa shape index (κ3) is 8.76. The molecule has 0 N–H and O–H groups in total. The molecule has 0 saturated heterocycles. The lowest BCUT2D eigenvalue weighted by molar-refractivity contribution is 1.40. The molecule has 0 heterocycles. The van der Waals surface area contributed by atoms with Gasteiger partial charge in [-0.3, -0.25) is 0 Å². The van der Waals surface area contributed by atoms with Crippen molar-refractivity contribution in [1.82, 2.24) is 0 Å². The van der Waals surface area contributed by atoms with Crippen molar-refractivity contribution in [3.05, 3.63) is 107 Å². The molecular formula is C22H25. The van der Waals surface area contributed by atoms with Crippen molar-refractivity contribution in [3.63, 3.8) is 0 Å². The lowest BCUT2D eigenvalue weighted by Crippen LogP contribution is -1.70. The van der Waals surface area contributed by atoms with Crippen LogP contribution in [-0.2, 0) is 0 Å². The molecule has 3 rings (SSSR count). The zero-order chi connectivity index (χ0) is 16.2. The first-order valence-electron chi connectivity index (χ1n) is 7.55. The molecule has 0 atom stereocenters. The Kier molecular flexibility index (Phi) is 8.37. The zero-order valence-corrected chi connectivity index (χ0v) is 14.0. The van der Waals surface area contributed by atoms with Crippen LogP contribution in [-0.4, -0.2) is 0 Å². The van der Waals surface area contributed by atoms with Crippen LogP contribution in [0.2, 0.25) is 0 Å². The monoisotopic (exact) mass is 289 g/mol. The SMILES string of the molecule is Cc1cc[c]cc1.Cc1ccc(C)cc1.Cc1ccccc1. The second kappa shape index (κ2) is 10.4. The second-order valence-electron chi connectivity index (χ2n) is 5.39. The van der Waals surface area contributed by atoms with Crippen molar-refractivity contribution in [2.24, 2.45) is 0 Å². The van der Waals surface area contributed by atoms with Gasteiger partial charge in [0.1, 0.15) is 0 Å². The fraction of sp³-hybridized carbons (Fsp3) is 0.182. The molecule has 0 nitrogen and oxygen atoms in total. The summed E-state index contributed by atoms with van der Waals surface area (Å²) in [6.45, 7) is 8.34. The number of rotatable bonds is 0. The van der Waals surface area contributed by atoms with Crippen LogP contribution >= 0.6 is 0 Å². The van der Waals surface area contributed by atoms with Crippen LogP contribution in [0.3, 0.4) is 0 Å². The molecule has 0 saturated carbocycles. The number of hydrogen-bond acceptors (Lipinski definition) is 0. The van der Waals surface area contributed by atoms with Gasteiger partial charge in [-0.15, -0.1) is 0 Å². The lowest BCUT2D eigenvalue weighted by atomic mass is 10.2. The maximum absolute atomic E-state index is 2.93. The lowest BCUT2D eigenvalue weighted by Gasteiger charge is -1.90. The summed E-state index contributed by atoms with van der Waals surface area (Å²) >= 11 is 0. The van der Waals surface area contributed by atoms with Gasteiger partial charge in [-0.2, -0.15) is 0 Å². The standard InChI is InChI=1S/C8H10.C7H8.C7H7/c1-7-3-5-8(2)6-4-7;2*1-7-5-3-2-4-6-7/h3-6H,1-2H3;2-6H,1H3;3-6H,1H3. The molecule has 0 spiro atoms.